The van der Waals surface area contributed by atoms with Crippen molar-refractivity contribution in [2.75, 3.05) is 38.2 Å². The SMILES string of the molecule is C#Cc1cccc(NCC(=O)N2CCOCC2)c1. The smallest absolute Gasteiger partial charge is 0.242 e. The molecular formula is C14H16N2O2. The van der Waals surface area contributed by atoms with Gasteiger partial charge in [0.2, 0.25) is 5.91 Å². The Hall–Kier alpha value is -1.99. The van der Waals surface area contributed by atoms with E-state index in [-0.39, 0.29) is 12.5 Å². The Labute approximate surface area is 107 Å². The zero-order valence-electron chi connectivity index (χ0n) is 10.2. The van der Waals surface area contributed by atoms with Gasteiger partial charge in [0, 0.05) is 24.3 Å². The highest BCUT2D eigenvalue weighted by Gasteiger charge is 2.15. The second-order valence-electron chi connectivity index (χ2n) is 4.07. The third-order valence-electron chi connectivity index (χ3n) is 2.84. The summed E-state index contributed by atoms with van der Waals surface area (Å²) >= 11 is 0. The van der Waals surface area contributed by atoms with Crippen molar-refractivity contribution in [3.63, 3.8) is 0 Å². The van der Waals surface area contributed by atoms with E-state index in [0.29, 0.717) is 26.3 Å². The molecule has 1 aliphatic rings. The summed E-state index contributed by atoms with van der Waals surface area (Å²) in [5, 5.41) is 3.09. The molecule has 1 aromatic carbocycles. The van der Waals surface area contributed by atoms with Gasteiger partial charge < -0.3 is 15.0 Å². The molecule has 1 N–H and O–H groups in total. The predicted molar refractivity (Wildman–Crippen MR) is 70.3 cm³/mol. The monoisotopic (exact) mass is 244 g/mol. The van der Waals surface area contributed by atoms with Gasteiger partial charge >= 0.3 is 0 Å². The van der Waals surface area contributed by atoms with Gasteiger partial charge in [-0.2, -0.15) is 0 Å². The maximum absolute atomic E-state index is 11.9. The molecule has 4 nitrogen and oxygen atoms in total. The van der Waals surface area contributed by atoms with Crippen LogP contribution in [0.2, 0.25) is 0 Å². The van der Waals surface area contributed by atoms with Crippen LogP contribution in [0.1, 0.15) is 5.56 Å². The van der Waals surface area contributed by atoms with Crippen molar-refractivity contribution in [1.29, 1.82) is 0 Å². The van der Waals surface area contributed by atoms with Gasteiger partial charge in [-0.05, 0) is 18.2 Å². The Morgan fingerprint density at radius 2 is 2.22 bits per heavy atom. The quantitative estimate of drug-likeness (QED) is 0.805. The summed E-state index contributed by atoms with van der Waals surface area (Å²) in [4.78, 5) is 13.7. The summed E-state index contributed by atoms with van der Waals surface area (Å²) in [6.45, 7) is 2.88. The first kappa shape index (κ1) is 12.5. The third kappa shape index (κ3) is 3.25. The van der Waals surface area contributed by atoms with E-state index in [9.17, 15) is 4.79 Å². The van der Waals surface area contributed by atoms with Crippen molar-refractivity contribution in [2.45, 2.75) is 0 Å². The topological polar surface area (TPSA) is 41.6 Å². The Morgan fingerprint density at radius 1 is 1.44 bits per heavy atom. The van der Waals surface area contributed by atoms with Gasteiger partial charge in [0.15, 0.2) is 0 Å². The number of nitrogens with one attached hydrogen (secondary N) is 1. The minimum Gasteiger partial charge on any atom is -0.378 e. The molecule has 0 aromatic heterocycles. The molecule has 0 spiro atoms. The molecule has 2 rings (SSSR count). The number of morpholine rings is 1. The Morgan fingerprint density at radius 3 is 2.94 bits per heavy atom. The molecule has 0 saturated carbocycles. The second-order valence-corrected chi connectivity index (χ2v) is 4.07. The summed E-state index contributed by atoms with van der Waals surface area (Å²) in [6, 6.07) is 7.48. The number of ether oxygens (including phenoxy) is 1. The molecule has 1 saturated heterocycles. The van der Waals surface area contributed by atoms with Gasteiger partial charge in [0.25, 0.3) is 0 Å². The molecule has 0 radical (unpaired) electrons. The van der Waals surface area contributed by atoms with E-state index in [0.717, 1.165) is 11.3 Å². The van der Waals surface area contributed by atoms with Crippen molar-refractivity contribution in [3.05, 3.63) is 29.8 Å². The zero-order valence-corrected chi connectivity index (χ0v) is 10.2. The summed E-state index contributed by atoms with van der Waals surface area (Å²) in [5.41, 5.74) is 1.67. The van der Waals surface area contributed by atoms with Crippen LogP contribution in [0.3, 0.4) is 0 Å². The highest BCUT2D eigenvalue weighted by molar-refractivity contribution is 5.81. The number of carbonyl (C=O) groups is 1. The van der Waals surface area contributed by atoms with Crippen LogP contribution in [0.5, 0.6) is 0 Å². The summed E-state index contributed by atoms with van der Waals surface area (Å²) in [5.74, 6) is 2.65. The van der Waals surface area contributed by atoms with Crippen molar-refractivity contribution in [2.24, 2.45) is 0 Å². The molecule has 18 heavy (non-hydrogen) atoms. The lowest BCUT2D eigenvalue weighted by Gasteiger charge is -2.27. The fraction of sp³-hybridized carbons (Fsp3) is 0.357. The molecule has 1 fully saturated rings. The van der Waals surface area contributed by atoms with Gasteiger partial charge in [0.05, 0.1) is 19.8 Å². The molecule has 1 aromatic rings. The number of anilines is 1. The fourth-order valence-electron chi connectivity index (χ4n) is 1.82. The van der Waals surface area contributed by atoms with Crippen LogP contribution in [0, 0.1) is 12.3 Å². The van der Waals surface area contributed by atoms with Crippen LogP contribution in [0.15, 0.2) is 24.3 Å². The summed E-state index contributed by atoms with van der Waals surface area (Å²) < 4.78 is 5.21. The van der Waals surface area contributed by atoms with Crippen LogP contribution in [0.4, 0.5) is 5.69 Å². The van der Waals surface area contributed by atoms with Crippen LogP contribution in [-0.4, -0.2) is 43.7 Å². The van der Waals surface area contributed by atoms with E-state index in [1.165, 1.54) is 0 Å². The van der Waals surface area contributed by atoms with Gasteiger partial charge in [-0.25, -0.2) is 0 Å². The number of amides is 1. The molecule has 0 atom stereocenters. The second kappa shape index (κ2) is 6.08. The molecule has 94 valence electrons. The third-order valence-corrected chi connectivity index (χ3v) is 2.84. The van der Waals surface area contributed by atoms with Crippen molar-refractivity contribution in [3.8, 4) is 12.3 Å². The van der Waals surface area contributed by atoms with Crippen LogP contribution in [-0.2, 0) is 9.53 Å². The molecule has 0 bridgehead atoms. The highest BCUT2D eigenvalue weighted by atomic mass is 16.5. The molecule has 1 amide bonds. The largest absolute Gasteiger partial charge is 0.378 e. The van der Waals surface area contributed by atoms with Gasteiger partial charge in [-0.15, -0.1) is 6.42 Å². The first-order chi connectivity index (χ1) is 8.79. The number of carbonyl (C=O) groups excluding carboxylic acids is 1. The first-order valence-corrected chi connectivity index (χ1v) is 5.95. The van der Waals surface area contributed by atoms with E-state index < -0.39 is 0 Å². The number of nitrogens with zero attached hydrogens (tertiary/aromatic N) is 1. The lowest BCUT2D eigenvalue weighted by atomic mass is 10.2. The van der Waals surface area contributed by atoms with E-state index in [4.69, 9.17) is 11.2 Å². The fourth-order valence-corrected chi connectivity index (χ4v) is 1.82. The highest BCUT2D eigenvalue weighted by Crippen LogP contribution is 2.09. The van der Waals surface area contributed by atoms with Crippen LogP contribution in [0.25, 0.3) is 0 Å². The van der Waals surface area contributed by atoms with Gasteiger partial charge in [0.1, 0.15) is 0 Å². The average Bonchev–Trinajstić information content (AvgIpc) is 2.46. The standard InChI is InChI=1S/C14H16N2O2/c1-2-12-4-3-5-13(10-12)15-11-14(17)16-6-8-18-9-7-16/h1,3-5,10,15H,6-9,11H2. The first-order valence-electron chi connectivity index (χ1n) is 5.95. The van der Waals surface area contributed by atoms with E-state index >= 15 is 0 Å². The summed E-state index contributed by atoms with van der Waals surface area (Å²) in [6.07, 6.45) is 5.32. The lowest BCUT2D eigenvalue weighted by Crippen LogP contribution is -2.43. The lowest BCUT2D eigenvalue weighted by molar-refractivity contribution is -0.133. The Balaban J connectivity index is 1.86. The minimum atomic E-state index is 0.0874. The van der Waals surface area contributed by atoms with E-state index in [1.54, 1.807) is 0 Å². The number of rotatable bonds is 3. The normalized spacial score (nSPS) is 14.9. The van der Waals surface area contributed by atoms with Crippen LogP contribution < -0.4 is 5.32 Å². The number of benzene rings is 1. The Kier molecular flexibility index (Phi) is 4.21. The maximum Gasteiger partial charge on any atom is 0.242 e. The predicted octanol–water partition coefficient (Wildman–Crippen LogP) is 0.939. The minimum absolute atomic E-state index is 0.0874. The number of hydrogen-bond acceptors (Lipinski definition) is 3. The molecule has 0 aliphatic carbocycles. The van der Waals surface area contributed by atoms with Gasteiger partial charge in [-0.3, -0.25) is 4.79 Å². The number of terminal acetylenes is 1. The molecule has 4 heteroatoms. The maximum atomic E-state index is 11.9. The van der Waals surface area contributed by atoms with E-state index in [2.05, 4.69) is 11.2 Å². The van der Waals surface area contributed by atoms with Gasteiger partial charge in [-0.1, -0.05) is 12.0 Å². The average molecular weight is 244 g/mol. The van der Waals surface area contributed by atoms with Crippen molar-refractivity contribution >= 4 is 11.6 Å². The molecule has 0 unspecified atom stereocenters. The Bertz CT molecular complexity index is 459. The molecular weight excluding hydrogens is 228 g/mol. The van der Waals surface area contributed by atoms with Crippen molar-refractivity contribution in [1.82, 2.24) is 4.90 Å². The zero-order chi connectivity index (χ0) is 12.8. The molecule has 1 aliphatic heterocycles. The number of hydrogen-bond donors (Lipinski definition) is 1. The van der Waals surface area contributed by atoms with Crippen molar-refractivity contribution < 1.29 is 9.53 Å². The van der Waals surface area contributed by atoms with Crippen LogP contribution >= 0.6 is 0 Å². The van der Waals surface area contributed by atoms with E-state index in [1.807, 2.05) is 29.2 Å². The summed E-state index contributed by atoms with van der Waals surface area (Å²) in [7, 11) is 0. The molecule has 1 heterocycles.